The molecule has 47 heavy (non-hydrogen) atoms. The number of benzene rings is 2. The van der Waals surface area contributed by atoms with Gasteiger partial charge in [0, 0.05) is 47.5 Å². The summed E-state index contributed by atoms with van der Waals surface area (Å²) in [7, 11) is 0. The first-order valence-corrected chi connectivity index (χ1v) is 19.2. The summed E-state index contributed by atoms with van der Waals surface area (Å²) < 4.78 is 2.64. The van der Waals surface area contributed by atoms with Crippen LogP contribution in [0.3, 0.4) is 0 Å². The number of aryl methyl sites for hydroxylation is 2. The van der Waals surface area contributed by atoms with E-state index in [-0.39, 0.29) is 10.8 Å². The van der Waals surface area contributed by atoms with Crippen LogP contribution in [0.5, 0.6) is 0 Å². The lowest BCUT2D eigenvalue weighted by Gasteiger charge is -2.32. The van der Waals surface area contributed by atoms with Crippen LogP contribution >= 0.6 is 0 Å². The zero-order valence-electron chi connectivity index (χ0n) is 31.3. The van der Waals surface area contributed by atoms with Gasteiger partial charge in [0.25, 0.3) is 0 Å². The molecule has 2 heterocycles. The molecule has 2 aromatic carbocycles. The van der Waals surface area contributed by atoms with Crippen LogP contribution in [0, 0.1) is 13.8 Å². The number of nitrogens with zero attached hydrogens (tertiary/aromatic N) is 2. The van der Waals surface area contributed by atoms with Crippen LogP contribution < -0.4 is 4.90 Å². The van der Waals surface area contributed by atoms with Gasteiger partial charge in [0.15, 0.2) is 5.71 Å². The molecule has 0 saturated carbocycles. The van der Waals surface area contributed by atoms with E-state index in [2.05, 4.69) is 144 Å². The van der Waals surface area contributed by atoms with E-state index in [0.29, 0.717) is 0 Å². The monoisotopic (exact) mass is 634 g/mol. The minimum Gasteiger partial charge on any atom is -0.344 e. The van der Waals surface area contributed by atoms with Crippen LogP contribution in [0.15, 0.2) is 84.6 Å². The fraction of sp³-hybridized carbons (Fsp3) is 0.533. The van der Waals surface area contributed by atoms with Gasteiger partial charge < -0.3 is 4.90 Å². The molecular formula is C45H65N2+. The highest BCUT2D eigenvalue weighted by Gasteiger charge is 2.48. The number of fused-ring (bicyclic) bond motifs is 2. The number of allylic oxidation sites excluding steroid dienone is 8. The maximum Gasteiger partial charge on any atom is 0.209 e. The molecule has 0 fully saturated rings. The highest BCUT2D eigenvalue weighted by molar-refractivity contribution is 6.03. The first kappa shape index (κ1) is 36.7. The summed E-state index contributed by atoms with van der Waals surface area (Å²) in [6.45, 7) is 20.8. The van der Waals surface area contributed by atoms with Crippen molar-refractivity contribution < 1.29 is 4.58 Å². The Labute approximate surface area is 289 Å². The lowest BCUT2D eigenvalue weighted by Crippen LogP contribution is -2.33. The van der Waals surface area contributed by atoms with Crippen molar-refractivity contribution in [2.24, 2.45) is 0 Å². The van der Waals surface area contributed by atoms with E-state index in [1.165, 1.54) is 96.4 Å². The SMILES string of the molecule is CCCCCCN1\C(=C/C=C/C=C/C=C/C2=[N+](CCCCCC)c3ccc(C)cc3C2(CC)CC)C(CC)(CC)c2cc(C)ccc21. The largest absolute Gasteiger partial charge is 0.344 e. The number of anilines is 1. The second kappa shape index (κ2) is 17.3. The molecule has 2 aliphatic heterocycles. The summed E-state index contributed by atoms with van der Waals surface area (Å²) in [4.78, 5) is 2.64. The number of hydrogen-bond donors (Lipinski definition) is 0. The Hall–Kier alpha value is -3.13. The maximum atomic E-state index is 2.64. The lowest BCUT2D eigenvalue weighted by atomic mass is 9.73. The van der Waals surface area contributed by atoms with Gasteiger partial charge in [-0.1, -0.05) is 133 Å². The molecule has 2 aliphatic rings. The molecule has 0 unspecified atom stereocenters. The quantitative estimate of drug-likeness (QED) is 0.0899. The predicted octanol–water partition coefficient (Wildman–Crippen LogP) is 12.8. The first-order chi connectivity index (χ1) is 22.9. The molecule has 0 N–H and O–H groups in total. The van der Waals surface area contributed by atoms with Crippen LogP contribution in [-0.4, -0.2) is 23.4 Å². The standard InChI is InChI=1S/C45H65N2/c1-9-15-17-24-32-46-40-30-28-36(7)34-38(40)44(11-3,12-4)42(46)26-22-20-19-21-23-27-43-45(13-5,14-6)39-35-37(8)29-31-41(39)47(43)33-25-18-16-10-2/h19-23,26-31,34-35H,9-18,24-25,32-33H2,1-8H3/q+1. The summed E-state index contributed by atoms with van der Waals surface area (Å²) in [5.74, 6) is 0. The van der Waals surface area contributed by atoms with E-state index in [4.69, 9.17) is 0 Å². The summed E-state index contributed by atoms with van der Waals surface area (Å²) in [6, 6.07) is 14.2. The van der Waals surface area contributed by atoms with Crippen LogP contribution in [0.2, 0.25) is 0 Å². The Bertz CT molecular complexity index is 1470. The molecule has 2 nitrogen and oxygen atoms in total. The molecule has 4 rings (SSSR count). The molecule has 0 radical (unpaired) electrons. The molecule has 2 aromatic rings. The van der Waals surface area contributed by atoms with Crippen molar-refractivity contribution in [3.63, 3.8) is 0 Å². The molecule has 0 saturated heterocycles. The zero-order valence-corrected chi connectivity index (χ0v) is 31.3. The summed E-state index contributed by atoms with van der Waals surface area (Å²) >= 11 is 0. The van der Waals surface area contributed by atoms with Crippen molar-refractivity contribution in [1.82, 2.24) is 0 Å². The normalized spacial score (nSPS) is 17.7. The summed E-state index contributed by atoms with van der Waals surface area (Å²) in [5.41, 5.74) is 11.7. The van der Waals surface area contributed by atoms with Crippen molar-refractivity contribution in [3.8, 4) is 0 Å². The fourth-order valence-corrected chi connectivity index (χ4v) is 8.44. The maximum absolute atomic E-state index is 2.64. The highest BCUT2D eigenvalue weighted by atomic mass is 15.2. The molecule has 0 aliphatic carbocycles. The third-order valence-corrected chi connectivity index (χ3v) is 11.3. The van der Waals surface area contributed by atoms with Gasteiger partial charge in [-0.05, 0) is 76.1 Å². The third kappa shape index (κ3) is 7.63. The van der Waals surface area contributed by atoms with Crippen molar-refractivity contribution in [2.75, 3.05) is 18.0 Å². The average molecular weight is 634 g/mol. The Morgan fingerprint density at radius 2 is 1.21 bits per heavy atom. The zero-order chi connectivity index (χ0) is 33.9. The minimum atomic E-state index is 0.0801. The van der Waals surface area contributed by atoms with Gasteiger partial charge in [-0.15, -0.1) is 0 Å². The number of rotatable bonds is 18. The predicted molar refractivity (Wildman–Crippen MR) is 208 cm³/mol. The molecule has 0 aromatic heterocycles. The van der Waals surface area contributed by atoms with Crippen molar-refractivity contribution >= 4 is 17.1 Å². The van der Waals surface area contributed by atoms with Gasteiger partial charge >= 0.3 is 0 Å². The second-order valence-corrected chi connectivity index (χ2v) is 14.1. The Morgan fingerprint density at radius 1 is 0.617 bits per heavy atom. The minimum absolute atomic E-state index is 0.0801. The van der Waals surface area contributed by atoms with Crippen LogP contribution in [0.1, 0.15) is 141 Å². The first-order valence-electron chi connectivity index (χ1n) is 19.2. The molecule has 2 heteroatoms. The van der Waals surface area contributed by atoms with E-state index < -0.39 is 0 Å². The smallest absolute Gasteiger partial charge is 0.209 e. The third-order valence-electron chi connectivity index (χ3n) is 11.3. The highest BCUT2D eigenvalue weighted by Crippen LogP contribution is 2.52. The molecule has 254 valence electrons. The van der Waals surface area contributed by atoms with E-state index in [0.717, 1.165) is 38.8 Å². The molecule has 0 amide bonds. The second-order valence-electron chi connectivity index (χ2n) is 14.1. The molecule has 0 atom stereocenters. The Morgan fingerprint density at radius 3 is 1.87 bits per heavy atom. The molecule has 0 spiro atoms. The van der Waals surface area contributed by atoms with Crippen LogP contribution in [-0.2, 0) is 10.8 Å². The number of unbranched alkanes of at least 4 members (excludes halogenated alkanes) is 6. The topological polar surface area (TPSA) is 6.25 Å². The molecule has 0 bridgehead atoms. The Kier molecular flexibility index (Phi) is 13.5. The van der Waals surface area contributed by atoms with Gasteiger partial charge in [-0.3, -0.25) is 0 Å². The summed E-state index contributed by atoms with van der Waals surface area (Å²) in [6.07, 6.45) is 30.8. The fourth-order valence-electron chi connectivity index (χ4n) is 8.44. The van der Waals surface area contributed by atoms with E-state index >= 15 is 0 Å². The van der Waals surface area contributed by atoms with E-state index in [1.54, 1.807) is 0 Å². The van der Waals surface area contributed by atoms with E-state index in [9.17, 15) is 0 Å². The van der Waals surface area contributed by atoms with Crippen molar-refractivity contribution in [3.05, 3.63) is 107 Å². The summed E-state index contributed by atoms with van der Waals surface area (Å²) in [5, 5.41) is 0. The van der Waals surface area contributed by atoms with Gasteiger partial charge in [0.05, 0.1) is 5.41 Å². The van der Waals surface area contributed by atoms with Crippen LogP contribution in [0.25, 0.3) is 0 Å². The van der Waals surface area contributed by atoms with Crippen molar-refractivity contribution in [1.29, 1.82) is 0 Å². The molecular weight excluding hydrogens is 569 g/mol. The van der Waals surface area contributed by atoms with Gasteiger partial charge in [0.1, 0.15) is 6.54 Å². The van der Waals surface area contributed by atoms with E-state index in [1.807, 2.05) is 0 Å². The number of hydrogen-bond acceptors (Lipinski definition) is 1. The van der Waals surface area contributed by atoms with Crippen LogP contribution in [0.4, 0.5) is 11.4 Å². The lowest BCUT2D eigenvalue weighted by molar-refractivity contribution is -0.438. The Balaban J connectivity index is 1.61. The van der Waals surface area contributed by atoms with Gasteiger partial charge in [0.2, 0.25) is 5.69 Å². The van der Waals surface area contributed by atoms with Gasteiger partial charge in [-0.2, -0.15) is 4.58 Å². The van der Waals surface area contributed by atoms with Gasteiger partial charge in [-0.25, -0.2) is 0 Å². The van der Waals surface area contributed by atoms with Crippen molar-refractivity contribution in [2.45, 2.75) is 143 Å². The average Bonchev–Trinajstić information content (AvgIpc) is 3.49.